The Morgan fingerprint density at radius 2 is 1.75 bits per heavy atom. The second-order valence-corrected chi connectivity index (χ2v) is 9.69. The van der Waals surface area contributed by atoms with E-state index in [0.29, 0.717) is 18.2 Å². The number of carboxylic acid groups (broad SMARTS) is 1. The molecule has 1 aromatic carbocycles. The summed E-state index contributed by atoms with van der Waals surface area (Å²) in [6.07, 6.45) is -2.29. The SMILES string of the molecule is Cc1ccc(CN2CCC3(CC2)C(c2ccccc2)CC(=O)N3C)s1.O=C(O)C(F)(F)F. The molecule has 1 spiro atoms. The first-order chi connectivity index (χ1) is 15.0. The summed E-state index contributed by atoms with van der Waals surface area (Å²) in [6, 6.07) is 15.1. The van der Waals surface area contributed by atoms with E-state index in [1.807, 2.05) is 18.4 Å². The molecule has 1 aromatic heterocycles. The summed E-state index contributed by atoms with van der Waals surface area (Å²) in [5.74, 6) is -2.12. The summed E-state index contributed by atoms with van der Waals surface area (Å²) >= 11 is 1.90. The highest BCUT2D eigenvalue weighted by Crippen LogP contribution is 2.48. The first kappa shape index (κ1) is 24.3. The van der Waals surface area contributed by atoms with Gasteiger partial charge in [0.1, 0.15) is 0 Å². The number of amides is 1. The summed E-state index contributed by atoms with van der Waals surface area (Å²) in [4.78, 5) is 28.9. The molecule has 0 aliphatic carbocycles. The van der Waals surface area contributed by atoms with Gasteiger partial charge in [0.2, 0.25) is 5.91 Å². The highest BCUT2D eigenvalue weighted by molar-refractivity contribution is 7.11. The van der Waals surface area contributed by atoms with Crippen LogP contribution < -0.4 is 0 Å². The van der Waals surface area contributed by atoms with Gasteiger partial charge in [0, 0.05) is 48.8 Å². The molecule has 32 heavy (non-hydrogen) atoms. The molecule has 5 nitrogen and oxygen atoms in total. The number of carboxylic acids is 1. The minimum atomic E-state index is -5.08. The molecule has 0 bridgehead atoms. The molecular weight excluding hydrogens is 441 g/mol. The van der Waals surface area contributed by atoms with E-state index in [4.69, 9.17) is 9.90 Å². The Labute approximate surface area is 189 Å². The van der Waals surface area contributed by atoms with Gasteiger partial charge in [-0.1, -0.05) is 30.3 Å². The molecule has 2 aliphatic rings. The number of hydrogen-bond acceptors (Lipinski definition) is 4. The highest BCUT2D eigenvalue weighted by Gasteiger charge is 2.52. The number of piperidine rings is 1. The monoisotopic (exact) mass is 468 g/mol. The van der Waals surface area contributed by atoms with Crippen molar-refractivity contribution < 1.29 is 27.9 Å². The Bertz CT molecular complexity index is 937. The van der Waals surface area contributed by atoms with E-state index in [2.05, 4.69) is 59.2 Å². The van der Waals surface area contributed by atoms with Crippen LogP contribution in [0.15, 0.2) is 42.5 Å². The molecule has 1 amide bonds. The van der Waals surface area contributed by atoms with Crippen molar-refractivity contribution in [3.8, 4) is 0 Å². The van der Waals surface area contributed by atoms with Crippen LogP contribution in [0.4, 0.5) is 13.2 Å². The number of aryl methyl sites for hydroxylation is 1. The van der Waals surface area contributed by atoms with Gasteiger partial charge >= 0.3 is 12.1 Å². The van der Waals surface area contributed by atoms with Gasteiger partial charge in [-0.3, -0.25) is 9.69 Å². The Balaban J connectivity index is 0.000000360. The third kappa shape index (κ3) is 5.32. The molecule has 4 rings (SSSR count). The van der Waals surface area contributed by atoms with Gasteiger partial charge in [-0.05, 0) is 37.5 Å². The standard InChI is InChI=1S/C21H26N2OS.C2HF3O2/c1-16-8-9-18(25-16)15-23-12-10-21(11-13-23)19(14-20(24)22(21)2)17-6-4-3-5-7-17;3-2(4,5)1(6)7/h3-9,19H,10-15H2,1-2H3;(H,6,7). The van der Waals surface area contributed by atoms with Crippen LogP contribution in [-0.4, -0.2) is 58.6 Å². The van der Waals surface area contributed by atoms with E-state index in [0.717, 1.165) is 32.5 Å². The van der Waals surface area contributed by atoms with Gasteiger partial charge in [0.15, 0.2) is 0 Å². The Hall–Kier alpha value is -2.39. The minimum Gasteiger partial charge on any atom is -0.475 e. The van der Waals surface area contributed by atoms with Crippen LogP contribution in [-0.2, 0) is 16.1 Å². The third-order valence-corrected chi connectivity index (χ3v) is 7.40. The number of hydrogen-bond donors (Lipinski definition) is 1. The van der Waals surface area contributed by atoms with Gasteiger partial charge in [-0.2, -0.15) is 13.2 Å². The van der Waals surface area contributed by atoms with Crippen LogP contribution in [0, 0.1) is 6.92 Å². The maximum Gasteiger partial charge on any atom is 0.490 e. The summed E-state index contributed by atoms with van der Waals surface area (Å²) in [7, 11) is 2.02. The summed E-state index contributed by atoms with van der Waals surface area (Å²) in [5, 5.41) is 7.12. The van der Waals surface area contributed by atoms with Crippen molar-refractivity contribution in [2.24, 2.45) is 0 Å². The number of rotatable bonds is 3. The van der Waals surface area contributed by atoms with Crippen LogP contribution in [0.25, 0.3) is 0 Å². The second kappa shape index (κ2) is 9.62. The number of aliphatic carboxylic acids is 1. The lowest BCUT2D eigenvalue weighted by atomic mass is 9.74. The van der Waals surface area contributed by atoms with Crippen molar-refractivity contribution in [3.05, 3.63) is 57.8 Å². The Morgan fingerprint density at radius 1 is 1.16 bits per heavy atom. The molecule has 1 N–H and O–H groups in total. The number of thiophene rings is 1. The number of benzene rings is 1. The van der Waals surface area contributed by atoms with Gasteiger partial charge in [0.05, 0.1) is 5.54 Å². The fraction of sp³-hybridized carbons (Fsp3) is 0.478. The highest BCUT2D eigenvalue weighted by atomic mass is 32.1. The zero-order valence-corrected chi connectivity index (χ0v) is 18.9. The molecule has 0 radical (unpaired) electrons. The lowest BCUT2D eigenvalue weighted by molar-refractivity contribution is -0.192. The van der Waals surface area contributed by atoms with Crippen molar-refractivity contribution in [1.29, 1.82) is 0 Å². The van der Waals surface area contributed by atoms with Gasteiger partial charge in [-0.25, -0.2) is 4.79 Å². The maximum absolute atomic E-state index is 12.5. The van der Waals surface area contributed by atoms with E-state index in [9.17, 15) is 18.0 Å². The van der Waals surface area contributed by atoms with Crippen molar-refractivity contribution in [2.75, 3.05) is 20.1 Å². The predicted molar refractivity (Wildman–Crippen MR) is 117 cm³/mol. The summed E-state index contributed by atoms with van der Waals surface area (Å²) in [5.41, 5.74) is 1.32. The molecule has 2 aliphatic heterocycles. The van der Waals surface area contributed by atoms with Crippen LogP contribution in [0.1, 0.15) is 40.5 Å². The van der Waals surface area contributed by atoms with E-state index < -0.39 is 12.1 Å². The smallest absolute Gasteiger partial charge is 0.475 e. The zero-order chi connectivity index (χ0) is 23.5. The van der Waals surface area contributed by atoms with Gasteiger partial charge < -0.3 is 10.0 Å². The molecule has 2 fully saturated rings. The largest absolute Gasteiger partial charge is 0.490 e. The minimum absolute atomic E-state index is 0.000301. The van der Waals surface area contributed by atoms with Crippen LogP contribution in [0.5, 0.6) is 0 Å². The van der Waals surface area contributed by atoms with Crippen LogP contribution in [0.2, 0.25) is 0 Å². The van der Waals surface area contributed by atoms with Crippen molar-refractivity contribution in [3.63, 3.8) is 0 Å². The first-order valence-electron chi connectivity index (χ1n) is 10.4. The first-order valence-corrected chi connectivity index (χ1v) is 11.2. The summed E-state index contributed by atoms with van der Waals surface area (Å²) in [6.45, 7) is 5.35. The average Bonchev–Trinajstić information content (AvgIpc) is 3.26. The van der Waals surface area contributed by atoms with Crippen LogP contribution in [0.3, 0.4) is 0 Å². The Kier molecular flexibility index (Phi) is 7.29. The zero-order valence-electron chi connectivity index (χ0n) is 18.1. The summed E-state index contributed by atoms with van der Waals surface area (Å²) < 4.78 is 31.7. The molecule has 3 heterocycles. The number of carbonyl (C=O) groups excluding carboxylic acids is 1. The molecule has 2 saturated heterocycles. The van der Waals surface area contributed by atoms with Gasteiger partial charge in [-0.15, -0.1) is 11.3 Å². The van der Waals surface area contributed by atoms with E-state index in [1.54, 1.807) is 0 Å². The number of likely N-dealkylation sites (N-methyl/N-ethyl adjacent to an activating group) is 1. The normalized spacial score (nSPS) is 20.8. The predicted octanol–water partition coefficient (Wildman–Crippen LogP) is 4.67. The van der Waals surface area contributed by atoms with E-state index in [-0.39, 0.29) is 5.54 Å². The van der Waals surface area contributed by atoms with Crippen molar-refractivity contribution in [1.82, 2.24) is 9.80 Å². The molecule has 1 unspecified atom stereocenters. The quantitative estimate of drug-likeness (QED) is 0.711. The molecular formula is C23H27F3N2O3S. The topological polar surface area (TPSA) is 60.9 Å². The molecule has 9 heteroatoms. The average molecular weight is 469 g/mol. The number of halogens is 3. The lowest BCUT2D eigenvalue weighted by Gasteiger charge is -2.46. The number of carbonyl (C=O) groups is 2. The number of likely N-dealkylation sites (tertiary alicyclic amines) is 2. The molecule has 2 aromatic rings. The fourth-order valence-corrected chi connectivity index (χ4v) is 5.60. The third-order valence-electron chi connectivity index (χ3n) is 6.41. The van der Waals surface area contributed by atoms with Crippen molar-refractivity contribution >= 4 is 23.2 Å². The van der Waals surface area contributed by atoms with Crippen molar-refractivity contribution in [2.45, 2.75) is 50.4 Å². The molecule has 1 atom stereocenters. The van der Waals surface area contributed by atoms with Gasteiger partial charge in [0.25, 0.3) is 0 Å². The number of nitrogens with zero attached hydrogens (tertiary/aromatic N) is 2. The second-order valence-electron chi connectivity index (χ2n) is 8.32. The fourth-order valence-electron chi connectivity index (χ4n) is 4.67. The molecule has 174 valence electrons. The Morgan fingerprint density at radius 3 is 2.25 bits per heavy atom. The lowest BCUT2D eigenvalue weighted by Crippen LogP contribution is -2.53. The van der Waals surface area contributed by atoms with E-state index >= 15 is 0 Å². The maximum atomic E-state index is 12.5. The van der Waals surface area contributed by atoms with E-state index in [1.165, 1.54) is 15.3 Å². The number of alkyl halides is 3. The molecule has 0 saturated carbocycles. The van der Waals surface area contributed by atoms with Crippen LogP contribution >= 0.6 is 11.3 Å².